The van der Waals surface area contributed by atoms with Crippen molar-refractivity contribution in [3.05, 3.63) is 70.3 Å². The first kappa shape index (κ1) is 15.0. The lowest BCUT2D eigenvalue weighted by molar-refractivity contribution is 0.394. The number of allylic oxidation sites excluding steroid dienone is 6. The Hall–Kier alpha value is -1.60. The molecule has 1 aliphatic heterocycles. The molecule has 1 aromatic carbocycles. The minimum absolute atomic E-state index is 0.847. The number of rotatable bonds is 2. The van der Waals surface area contributed by atoms with Crippen LogP contribution in [0.5, 0.6) is 0 Å². The van der Waals surface area contributed by atoms with Crippen LogP contribution in [0.25, 0.3) is 0 Å². The molecule has 1 unspecified atom stereocenters. The maximum atomic E-state index is 2.49. The van der Waals surface area contributed by atoms with Crippen LogP contribution in [0.4, 0.5) is 0 Å². The second-order valence-electron chi connectivity index (χ2n) is 7.51. The quantitative estimate of drug-likeness (QED) is 0.778. The first-order chi connectivity index (χ1) is 11.3. The van der Waals surface area contributed by atoms with E-state index in [2.05, 4.69) is 54.5 Å². The monoisotopic (exact) mass is 305 g/mol. The molecular formula is C22H27N. The van der Waals surface area contributed by atoms with Gasteiger partial charge < -0.3 is 4.90 Å². The van der Waals surface area contributed by atoms with Crippen molar-refractivity contribution in [2.24, 2.45) is 5.92 Å². The number of nitrogens with zero attached hydrogens (tertiary/aromatic N) is 1. The lowest BCUT2D eigenvalue weighted by Crippen LogP contribution is -2.15. The summed E-state index contributed by atoms with van der Waals surface area (Å²) in [6.07, 6.45) is 16.6. The zero-order valence-corrected chi connectivity index (χ0v) is 14.2. The highest BCUT2D eigenvalue weighted by Crippen LogP contribution is 2.29. The third-order valence-electron chi connectivity index (χ3n) is 5.64. The number of hydrogen-bond donors (Lipinski definition) is 0. The van der Waals surface area contributed by atoms with Crippen LogP contribution in [0.15, 0.2) is 53.6 Å². The molecule has 1 fully saturated rings. The highest BCUT2D eigenvalue weighted by molar-refractivity contribution is 5.45. The summed E-state index contributed by atoms with van der Waals surface area (Å²) in [4.78, 5) is 2.46. The summed E-state index contributed by atoms with van der Waals surface area (Å²) < 4.78 is 0. The zero-order chi connectivity index (χ0) is 15.6. The molecule has 1 heterocycles. The van der Waals surface area contributed by atoms with Gasteiger partial charge in [-0.05, 0) is 80.3 Å². The predicted octanol–water partition coefficient (Wildman–Crippen LogP) is 4.48. The van der Waals surface area contributed by atoms with Crippen molar-refractivity contribution in [3.8, 4) is 0 Å². The highest BCUT2D eigenvalue weighted by atomic mass is 15.1. The second-order valence-corrected chi connectivity index (χ2v) is 7.51. The van der Waals surface area contributed by atoms with Crippen LogP contribution in [-0.2, 0) is 19.3 Å². The van der Waals surface area contributed by atoms with E-state index in [1.54, 1.807) is 16.7 Å². The van der Waals surface area contributed by atoms with Crippen molar-refractivity contribution in [2.75, 3.05) is 20.1 Å². The highest BCUT2D eigenvalue weighted by Gasteiger charge is 2.20. The maximum absolute atomic E-state index is 2.49. The molecule has 2 aliphatic carbocycles. The molecule has 1 saturated heterocycles. The Labute approximate surface area is 140 Å². The van der Waals surface area contributed by atoms with Gasteiger partial charge in [-0.2, -0.15) is 0 Å². The van der Waals surface area contributed by atoms with E-state index in [1.807, 2.05) is 0 Å². The minimum atomic E-state index is 0.847. The fourth-order valence-electron chi connectivity index (χ4n) is 4.33. The molecule has 0 radical (unpaired) electrons. The van der Waals surface area contributed by atoms with Crippen LogP contribution in [0.1, 0.15) is 36.0 Å². The van der Waals surface area contributed by atoms with Crippen LogP contribution in [-0.4, -0.2) is 25.0 Å². The fourth-order valence-corrected chi connectivity index (χ4v) is 4.33. The molecule has 3 aliphatic rings. The van der Waals surface area contributed by atoms with Crippen LogP contribution in [0.2, 0.25) is 0 Å². The van der Waals surface area contributed by atoms with E-state index in [0.29, 0.717) is 0 Å². The Balaban J connectivity index is 1.55. The van der Waals surface area contributed by atoms with Gasteiger partial charge >= 0.3 is 0 Å². The van der Waals surface area contributed by atoms with Gasteiger partial charge in [0, 0.05) is 6.54 Å². The van der Waals surface area contributed by atoms with Gasteiger partial charge in [0.2, 0.25) is 0 Å². The summed E-state index contributed by atoms with van der Waals surface area (Å²) in [5.41, 5.74) is 7.71. The molecule has 1 atom stereocenters. The normalized spacial score (nSPS) is 25.7. The molecule has 0 N–H and O–H groups in total. The number of hydrogen-bond acceptors (Lipinski definition) is 1. The average molecular weight is 305 g/mol. The molecule has 0 bridgehead atoms. The van der Waals surface area contributed by atoms with Crippen LogP contribution in [0.3, 0.4) is 0 Å². The van der Waals surface area contributed by atoms with Gasteiger partial charge in [0.25, 0.3) is 0 Å². The second kappa shape index (κ2) is 6.49. The van der Waals surface area contributed by atoms with E-state index in [4.69, 9.17) is 0 Å². The first-order valence-electron chi connectivity index (χ1n) is 9.12. The third kappa shape index (κ3) is 3.35. The lowest BCUT2D eigenvalue weighted by atomic mass is 9.86. The summed E-state index contributed by atoms with van der Waals surface area (Å²) >= 11 is 0. The van der Waals surface area contributed by atoms with Gasteiger partial charge in [-0.25, -0.2) is 0 Å². The van der Waals surface area contributed by atoms with Crippen molar-refractivity contribution in [3.63, 3.8) is 0 Å². The van der Waals surface area contributed by atoms with E-state index >= 15 is 0 Å². The van der Waals surface area contributed by atoms with E-state index < -0.39 is 0 Å². The molecule has 0 spiro atoms. The molecule has 4 rings (SSSR count). The van der Waals surface area contributed by atoms with Crippen molar-refractivity contribution in [2.45, 2.75) is 38.5 Å². The molecule has 0 saturated carbocycles. The molecular weight excluding hydrogens is 278 g/mol. The minimum Gasteiger partial charge on any atom is -0.306 e. The average Bonchev–Trinajstić information content (AvgIpc) is 2.94. The van der Waals surface area contributed by atoms with E-state index in [0.717, 1.165) is 18.8 Å². The van der Waals surface area contributed by atoms with Crippen molar-refractivity contribution in [1.82, 2.24) is 4.90 Å². The molecule has 120 valence electrons. The SMILES string of the molecule is CN1CCC(Cc2ccc3c(c2)C/C=C\C2=C(CCC=C2)C3)C1. The van der Waals surface area contributed by atoms with Gasteiger partial charge in [-0.3, -0.25) is 0 Å². The van der Waals surface area contributed by atoms with E-state index in [9.17, 15) is 0 Å². The van der Waals surface area contributed by atoms with Gasteiger partial charge in [0.15, 0.2) is 0 Å². The summed E-state index contributed by atoms with van der Waals surface area (Å²) in [6.45, 7) is 2.53. The van der Waals surface area contributed by atoms with Gasteiger partial charge in [-0.1, -0.05) is 48.1 Å². The molecule has 0 amide bonds. The summed E-state index contributed by atoms with van der Waals surface area (Å²) in [5.74, 6) is 0.847. The molecule has 1 heteroatoms. The van der Waals surface area contributed by atoms with Crippen molar-refractivity contribution in [1.29, 1.82) is 0 Å². The summed E-state index contributed by atoms with van der Waals surface area (Å²) in [7, 11) is 2.25. The van der Waals surface area contributed by atoms with Crippen LogP contribution >= 0.6 is 0 Å². The largest absolute Gasteiger partial charge is 0.306 e. The third-order valence-corrected chi connectivity index (χ3v) is 5.64. The Kier molecular flexibility index (Phi) is 4.22. The fraction of sp³-hybridized carbons (Fsp3) is 0.455. The maximum Gasteiger partial charge on any atom is 0.00103 e. The summed E-state index contributed by atoms with van der Waals surface area (Å²) in [6, 6.07) is 7.29. The molecule has 1 aromatic rings. The smallest absolute Gasteiger partial charge is 0.00103 e. The van der Waals surface area contributed by atoms with Gasteiger partial charge in [0.05, 0.1) is 0 Å². The predicted molar refractivity (Wildman–Crippen MR) is 97.7 cm³/mol. The number of fused-ring (bicyclic) bond motifs is 1. The van der Waals surface area contributed by atoms with Crippen LogP contribution in [0, 0.1) is 5.92 Å². The lowest BCUT2D eigenvalue weighted by Gasteiger charge is -2.19. The van der Waals surface area contributed by atoms with E-state index in [1.165, 1.54) is 49.9 Å². The topological polar surface area (TPSA) is 3.24 Å². The van der Waals surface area contributed by atoms with Crippen molar-refractivity contribution < 1.29 is 0 Å². The Bertz CT molecular complexity index is 677. The number of likely N-dealkylation sites (tertiary alicyclic amines) is 1. The molecule has 23 heavy (non-hydrogen) atoms. The van der Waals surface area contributed by atoms with Crippen molar-refractivity contribution >= 4 is 0 Å². The Morgan fingerprint density at radius 1 is 1.13 bits per heavy atom. The summed E-state index contributed by atoms with van der Waals surface area (Å²) in [5, 5.41) is 0. The van der Waals surface area contributed by atoms with Crippen LogP contribution < -0.4 is 0 Å². The number of benzene rings is 1. The Morgan fingerprint density at radius 2 is 2.04 bits per heavy atom. The van der Waals surface area contributed by atoms with Gasteiger partial charge in [-0.15, -0.1) is 0 Å². The van der Waals surface area contributed by atoms with Gasteiger partial charge in [0.1, 0.15) is 0 Å². The standard InChI is InChI=1S/C22H27N/c1-23-12-11-18(16-23)13-17-9-10-22-15-21-6-3-2-5-19(21)7-4-8-20(22)14-17/h2,4-5,7,9-10,14,18H,3,6,8,11-13,15-16H2,1H3/b7-4-. The zero-order valence-electron chi connectivity index (χ0n) is 14.2. The van der Waals surface area contributed by atoms with E-state index in [-0.39, 0.29) is 0 Å². The molecule has 1 nitrogen and oxygen atoms in total. The first-order valence-corrected chi connectivity index (χ1v) is 9.12. The molecule has 0 aromatic heterocycles. The Morgan fingerprint density at radius 3 is 2.91 bits per heavy atom.